The molecule has 0 fully saturated rings. The predicted octanol–water partition coefficient (Wildman–Crippen LogP) is 2.84. The second kappa shape index (κ2) is 4.68. The topological polar surface area (TPSA) is 63.6 Å². The zero-order valence-electron chi connectivity index (χ0n) is 10.9. The molecule has 6 heteroatoms. The van der Waals surface area contributed by atoms with Gasteiger partial charge in [-0.15, -0.1) is 0 Å². The number of nitrogens with zero attached hydrogens (tertiary/aromatic N) is 3. The Bertz CT molecular complexity index is 982. The lowest BCUT2D eigenvalue weighted by atomic mass is 10.1. The number of hydrogen-bond acceptors (Lipinski definition) is 4. The number of aromatic amines is 1. The number of H-pyrrole nitrogens is 1. The summed E-state index contributed by atoms with van der Waals surface area (Å²) in [6, 6.07) is 11.6. The van der Waals surface area contributed by atoms with Crippen LogP contribution >= 0.6 is 11.5 Å². The Kier molecular flexibility index (Phi) is 2.68. The third kappa shape index (κ3) is 2.15. The molecule has 3 heterocycles. The third-order valence-electron chi connectivity index (χ3n) is 3.26. The smallest absolute Gasteiger partial charge is 0.260 e. The lowest BCUT2D eigenvalue weighted by molar-refractivity contribution is 0.897. The van der Waals surface area contributed by atoms with Crippen molar-refractivity contribution < 1.29 is 0 Å². The maximum atomic E-state index is 11.2. The Morgan fingerprint density at radius 3 is 2.95 bits per heavy atom. The minimum atomic E-state index is -0.109. The molecule has 0 saturated heterocycles. The number of fused-ring (bicyclic) bond motifs is 1. The maximum Gasteiger partial charge on any atom is 0.260 e. The molecule has 0 amide bonds. The monoisotopic (exact) mass is 294 g/mol. The molecular weight excluding hydrogens is 284 g/mol. The van der Waals surface area contributed by atoms with Crippen molar-refractivity contribution in [1.82, 2.24) is 19.1 Å². The summed E-state index contributed by atoms with van der Waals surface area (Å²) in [5.41, 5.74) is 2.88. The van der Waals surface area contributed by atoms with Crippen molar-refractivity contribution in [1.29, 1.82) is 0 Å². The first-order chi connectivity index (χ1) is 10.3. The molecule has 0 spiro atoms. The van der Waals surface area contributed by atoms with Crippen molar-refractivity contribution in [3.8, 4) is 16.1 Å². The van der Waals surface area contributed by atoms with E-state index in [1.165, 1.54) is 17.6 Å². The Balaban J connectivity index is 1.78. The minimum Gasteiger partial charge on any atom is -0.276 e. The van der Waals surface area contributed by atoms with Crippen molar-refractivity contribution in [3.63, 3.8) is 0 Å². The first-order valence-electron chi connectivity index (χ1n) is 6.38. The van der Waals surface area contributed by atoms with E-state index < -0.39 is 0 Å². The summed E-state index contributed by atoms with van der Waals surface area (Å²) in [4.78, 5) is 15.6. The van der Waals surface area contributed by atoms with Gasteiger partial charge < -0.3 is 0 Å². The number of pyridine rings is 1. The Morgan fingerprint density at radius 1 is 1.14 bits per heavy atom. The number of aromatic nitrogens is 4. The van der Waals surface area contributed by atoms with Gasteiger partial charge >= 0.3 is 0 Å². The lowest BCUT2D eigenvalue weighted by Gasteiger charge is -2.00. The van der Waals surface area contributed by atoms with Gasteiger partial charge in [0.05, 0.1) is 11.7 Å². The normalized spacial score (nSPS) is 11.0. The first-order valence-corrected chi connectivity index (χ1v) is 7.20. The van der Waals surface area contributed by atoms with Crippen LogP contribution in [-0.2, 0) is 0 Å². The molecule has 1 aromatic carbocycles. The van der Waals surface area contributed by atoms with Gasteiger partial charge in [-0.25, -0.2) is 4.68 Å². The second-order valence-corrected chi connectivity index (χ2v) is 5.46. The SMILES string of the molecule is O=c1cc(-n2cc(-c3ccc4cccnc4c3)cn2)s[nH]1. The molecule has 21 heavy (non-hydrogen) atoms. The van der Waals surface area contributed by atoms with E-state index in [2.05, 4.69) is 14.5 Å². The van der Waals surface area contributed by atoms with Gasteiger partial charge in [-0.3, -0.25) is 14.2 Å². The molecule has 0 saturated carbocycles. The fourth-order valence-electron chi connectivity index (χ4n) is 2.22. The van der Waals surface area contributed by atoms with Crippen LogP contribution in [0.4, 0.5) is 0 Å². The van der Waals surface area contributed by atoms with E-state index in [0.717, 1.165) is 27.0 Å². The van der Waals surface area contributed by atoms with Crippen molar-refractivity contribution >= 4 is 22.4 Å². The average Bonchev–Trinajstić information content (AvgIpc) is 3.15. The van der Waals surface area contributed by atoms with Crippen molar-refractivity contribution in [2.45, 2.75) is 0 Å². The van der Waals surface area contributed by atoms with Crippen LogP contribution in [0.15, 0.2) is 59.8 Å². The molecule has 5 nitrogen and oxygen atoms in total. The van der Waals surface area contributed by atoms with Gasteiger partial charge in [0, 0.05) is 29.4 Å². The predicted molar refractivity (Wildman–Crippen MR) is 82.8 cm³/mol. The standard InChI is InChI=1S/C15H10N4OS/c20-14-7-15(21-18-14)19-9-12(8-17-19)11-4-3-10-2-1-5-16-13(10)6-11/h1-9H,(H,18,20). The fraction of sp³-hybridized carbons (Fsp3) is 0. The first kappa shape index (κ1) is 12.0. The van der Waals surface area contributed by atoms with Gasteiger partial charge in [0.15, 0.2) is 0 Å². The van der Waals surface area contributed by atoms with Gasteiger partial charge in [-0.1, -0.05) is 18.2 Å². The molecule has 0 aliphatic heterocycles. The van der Waals surface area contributed by atoms with E-state index in [-0.39, 0.29) is 5.56 Å². The quantitative estimate of drug-likeness (QED) is 0.618. The zero-order valence-corrected chi connectivity index (χ0v) is 11.7. The van der Waals surface area contributed by atoms with Crippen LogP contribution < -0.4 is 5.56 Å². The molecule has 0 bridgehead atoms. The molecule has 0 aliphatic rings. The highest BCUT2D eigenvalue weighted by atomic mass is 32.1. The molecule has 4 rings (SSSR count). The highest BCUT2D eigenvalue weighted by Gasteiger charge is 2.06. The van der Waals surface area contributed by atoms with E-state index in [9.17, 15) is 4.79 Å². The number of rotatable bonds is 2. The molecule has 4 aromatic rings. The molecule has 102 valence electrons. The van der Waals surface area contributed by atoms with Crippen LogP contribution in [0.2, 0.25) is 0 Å². The number of nitrogens with one attached hydrogen (secondary N) is 1. The average molecular weight is 294 g/mol. The zero-order chi connectivity index (χ0) is 14.2. The fourth-order valence-corrected chi connectivity index (χ4v) is 2.85. The van der Waals surface area contributed by atoms with E-state index in [1.54, 1.807) is 17.1 Å². The summed E-state index contributed by atoms with van der Waals surface area (Å²) in [5.74, 6) is 0. The van der Waals surface area contributed by atoms with E-state index in [1.807, 2.05) is 36.5 Å². The summed E-state index contributed by atoms with van der Waals surface area (Å²) in [6.45, 7) is 0. The van der Waals surface area contributed by atoms with E-state index in [0.29, 0.717) is 0 Å². The molecule has 0 aliphatic carbocycles. The molecule has 3 aromatic heterocycles. The highest BCUT2D eigenvalue weighted by Crippen LogP contribution is 2.24. The largest absolute Gasteiger partial charge is 0.276 e. The van der Waals surface area contributed by atoms with Crippen molar-refractivity contribution in [2.24, 2.45) is 0 Å². The lowest BCUT2D eigenvalue weighted by Crippen LogP contribution is -1.95. The maximum absolute atomic E-state index is 11.2. The van der Waals surface area contributed by atoms with Gasteiger partial charge in [-0.05, 0) is 29.2 Å². The summed E-state index contributed by atoms with van der Waals surface area (Å²) in [6.07, 6.45) is 5.48. The summed E-state index contributed by atoms with van der Waals surface area (Å²) in [7, 11) is 0. The van der Waals surface area contributed by atoms with Crippen LogP contribution in [-0.4, -0.2) is 19.1 Å². The summed E-state index contributed by atoms with van der Waals surface area (Å²) < 4.78 is 4.35. The van der Waals surface area contributed by atoms with Crippen molar-refractivity contribution in [2.75, 3.05) is 0 Å². The Morgan fingerprint density at radius 2 is 2.10 bits per heavy atom. The van der Waals surface area contributed by atoms with Crippen LogP contribution in [0.5, 0.6) is 0 Å². The van der Waals surface area contributed by atoms with Crippen LogP contribution in [0, 0.1) is 0 Å². The second-order valence-electron chi connectivity index (χ2n) is 4.64. The molecule has 0 atom stereocenters. The van der Waals surface area contributed by atoms with E-state index in [4.69, 9.17) is 0 Å². The number of hydrogen-bond donors (Lipinski definition) is 1. The highest BCUT2D eigenvalue weighted by molar-refractivity contribution is 7.08. The van der Waals surface area contributed by atoms with Gasteiger partial charge in [0.1, 0.15) is 5.00 Å². The third-order valence-corrected chi connectivity index (χ3v) is 4.08. The summed E-state index contributed by atoms with van der Waals surface area (Å²) >= 11 is 1.26. The van der Waals surface area contributed by atoms with Crippen molar-refractivity contribution in [3.05, 3.63) is 65.3 Å². The Labute approximate surface area is 123 Å². The molecule has 0 unspecified atom stereocenters. The summed E-state index contributed by atoms with van der Waals surface area (Å²) in [5, 5.41) is 6.18. The van der Waals surface area contributed by atoms with Crippen LogP contribution in [0.1, 0.15) is 0 Å². The molecule has 1 N–H and O–H groups in total. The minimum absolute atomic E-state index is 0.109. The molecule has 0 radical (unpaired) electrons. The van der Waals surface area contributed by atoms with E-state index >= 15 is 0 Å². The van der Waals surface area contributed by atoms with Gasteiger partial charge in [0.25, 0.3) is 5.56 Å². The van der Waals surface area contributed by atoms with Crippen LogP contribution in [0.3, 0.4) is 0 Å². The van der Waals surface area contributed by atoms with Gasteiger partial charge in [-0.2, -0.15) is 5.10 Å². The number of benzene rings is 1. The van der Waals surface area contributed by atoms with Crippen LogP contribution in [0.25, 0.3) is 27.0 Å². The Hall–Kier alpha value is -2.73. The van der Waals surface area contributed by atoms with Gasteiger partial charge in [0.2, 0.25) is 0 Å². The molecular formula is C15H10N4OS.